The van der Waals surface area contributed by atoms with Crippen molar-refractivity contribution in [1.82, 2.24) is 0 Å². The quantitative estimate of drug-likeness (QED) is 0.356. The number of hydrogen-bond donors (Lipinski definition) is 1. The molecule has 0 spiro atoms. The van der Waals surface area contributed by atoms with Gasteiger partial charge in [0.15, 0.2) is 0 Å². The van der Waals surface area contributed by atoms with Crippen LogP contribution in [0.5, 0.6) is 17.2 Å². The van der Waals surface area contributed by atoms with Crippen LogP contribution >= 0.6 is 15.9 Å². The minimum atomic E-state index is -3.67. The number of halogens is 1. The molecule has 0 unspecified atom stereocenters. The number of aromatic hydroxyl groups is 1. The smallest absolute Gasteiger partial charge is 0.206 e. The Bertz CT molecular complexity index is 1270. The Morgan fingerprint density at radius 2 is 1.27 bits per heavy atom. The minimum absolute atomic E-state index is 0.0154. The van der Waals surface area contributed by atoms with Crippen LogP contribution < -0.4 is 4.74 Å². The molecule has 30 heavy (non-hydrogen) atoms. The molecule has 0 fully saturated rings. The zero-order valence-electron chi connectivity index (χ0n) is 15.7. The Hall–Kier alpha value is -3.09. The van der Waals surface area contributed by atoms with E-state index in [0.717, 1.165) is 15.6 Å². The van der Waals surface area contributed by atoms with E-state index in [-0.39, 0.29) is 15.5 Å². The van der Waals surface area contributed by atoms with E-state index in [1.807, 2.05) is 48.5 Å². The first-order chi connectivity index (χ1) is 14.4. The molecule has 0 saturated carbocycles. The summed E-state index contributed by atoms with van der Waals surface area (Å²) in [5, 5.41) is 9.37. The first kappa shape index (κ1) is 20.2. The molecule has 4 rings (SSSR count). The number of benzene rings is 4. The third-order valence-corrected chi connectivity index (χ3v) is 6.74. The highest BCUT2D eigenvalue weighted by atomic mass is 79.9. The standard InChI is InChI=1S/C24H17BrO4S/c25-19-14-18(17-4-2-1-3-5-17)15-22(16-19)29-21-8-12-24(13-9-21)30(27,28)23-10-6-20(26)7-11-23/h1-16,26H. The van der Waals surface area contributed by atoms with Crippen molar-refractivity contribution in [1.29, 1.82) is 0 Å². The van der Waals surface area contributed by atoms with Gasteiger partial charge in [-0.15, -0.1) is 0 Å². The molecule has 0 aromatic heterocycles. The average Bonchev–Trinajstić information content (AvgIpc) is 2.75. The second-order valence-electron chi connectivity index (χ2n) is 6.61. The lowest BCUT2D eigenvalue weighted by Gasteiger charge is -2.10. The van der Waals surface area contributed by atoms with Crippen LogP contribution in [0.25, 0.3) is 11.1 Å². The van der Waals surface area contributed by atoms with Gasteiger partial charge >= 0.3 is 0 Å². The number of rotatable bonds is 5. The van der Waals surface area contributed by atoms with E-state index in [1.165, 1.54) is 36.4 Å². The Labute approximate surface area is 183 Å². The van der Waals surface area contributed by atoms with E-state index in [2.05, 4.69) is 15.9 Å². The molecule has 4 aromatic carbocycles. The molecule has 0 saturated heterocycles. The molecular weight excluding hydrogens is 464 g/mol. The molecule has 0 bridgehead atoms. The van der Waals surface area contributed by atoms with Gasteiger partial charge in [0.25, 0.3) is 0 Å². The van der Waals surface area contributed by atoms with E-state index in [0.29, 0.717) is 11.5 Å². The van der Waals surface area contributed by atoms with Crippen LogP contribution in [-0.2, 0) is 9.84 Å². The van der Waals surface area contributed by atoms with Gasteiger partial charge < -0.3 is 9.84 Å². The lowest BCUT2D eigenvalue weighted by atomic mass is 10.1. The van der Waals surface area contributed by atoms with E-state index >= 15 is 0 Å². The van der Waals surface area contributed by atoms with Gasteiger partial charge in [-0.3, -0.25) is 0 Å². The topological polar surface area (TPSA) is 63.6 Å². The first-order valence-electron chi connectivity index (χ1n) is 9.10. The molecule has 0 heterocycles. The third-order valence-electron chi connectivity index (χ3n) is 4.50. The first-order valence-corrected chi connectivity index (χ1v) is 11.4. The molecule has 0 aliphatic rings. The average molecular weight is 481 g/mol. The van der Waals surface area contributed by atoms with E-state index < -0.39 is 9.84 Å². The Morgan fingerprint density at radius 1 is 0.667 bits per heavy atom. The minimum Gasteiger partial charge on any atom is -0.508 e. The summed E-state index contributed by atoms with van der Waals surface area (Å²) in [6.07, 6.45) is 0. The molecular formula is C24H17BrO4S. The van der Waals surface area contributed by atoms with Gasteiger partial charge in [0.1, 0.15) is 17.2 Å². The summed E-state index contributed by atoms with van der Waals surface area (Å²) in [5.74, 6) is 1.18. The molecule has 1 N–H and O–H groups in total. The summed E-state index contributed by atoms with van der Waals surface area (Å²) >= 11 is 3.52. The predicted octanol–water partition coefficient (Wildman–Crippen LogP) is 6.45. The van der Waals surface area contributed by atoms with Gasteiger partial charge in [-0.2, -0.15) is 0 Å². The van der Waals surface area contributed by atoms with Gasteiger partial charge in [0, 0.05) is 4.47 Å². The van der Waals surface area contributed by atoms with Crippen LogP contribution in [0, 0.1) is 0 Å². The number of phenols is 1. The van der Waals surface area contributed by atoms with Crippen molar-refractivity contribution in [2.45, 2.75) is 9.79 Å². The summed E-state index contributed by atoms with van der Waals surface area (Å²) < 4.78 is 32.3. The summed E-state index contributed by atoms with van der Waals surface area (Å²) in [4.78, 5) is 0.271. The molecule has 0 aliphatic carbocycles. The van der Waals surface area contributed by atoms with E-state index in [1.54, 1.807) is 12.1 Å². The van der Waals surface area contributed by atoms with Gasteiger partial charge in [0.2, 0.25) is 9.84 Å². The van der Waals surface area contributed by atoms with Crippen LogP contribution in [0.1, 0.15) is 0 Å². The van der Waals surface area contributed by atoms with Gasteiger partial charge in [0.05, 0.1) is 9.79 Å². The fraction of sp³-hybridized carbons (Fsp3) is 0. The summed E-state index contributed by atoms with van der Waals surface area (Å²) in [7, 11) is -3.67. The van der Waals surface area contributed by atoms with Gasteiger partial charge in [-0.25, -0.2) is 8.42 Å². The normalized spacial score (nSPS) is 11.2. The number of sulfone groups is 1. The van der Waals surface area contributed by atoms with Crippen LogP contribution in [0.3, 0.4) is 0 Å². The highest BCUT2D eigenvalue weighted by Crippen LogP contribution is 2.32. The van der Waals surface area contributed by atoms with Crippen LogP contribution in [-0.4, -0.2) is 13.5 Å². The molecule has 0 atom stereocenters. The van der Waals surface area contributed by atoms with Crippen molar-refractivity contribution in [2.75, 3.05) is 0 Å². The maximum absolute atomic E-state index is 12.7. The molecule has 6 heteroatoms. The highest BCUT2D eigenvalue weighted by molar-refractivity contribution is 9.10. The maximum atomic E-state index is 12.7. The van der Waals surface area contributed by atoms with Crippen molar-refractivity contribution in [3.63, 3.8) is 0 Å². The fourth-order valence-electron chi connectivity index (χ4n) is 3.00. The molecule has 0 aliphatic heterocycles. The Kier molecular flexibility index (Phi) is 5.61. The largest absolute Gasteiger partial charge is 0.508 e. The monoisotopic (exact) mass is 480 g/mol. The highest BCUT2D eigenvalue weighted by Gasteiger charge is 2.17. The number of ether oxygens (including phenoxy) is 1. The number of hydrogen-bond acceptors (Lipinski definition) is 4. The van der Waals surface area contributed by atoms with E-state index in [9.17, 15) is 13.5 Å². The van der Waals surface area contributed by atoms with Crippen molar-refractivity contribution in [3.8, 4) is 28.4 Å². The van der Waals surface area contributed by atoms with E-state index in [4.69, 9.17) is 4.74 Å². The zero-order valence-corrected chi connectivity index (χ0v) is 18.1. The van der Waals surface area contributed by atoms with Gasteiger partial charge in [-0.1, -0.05) is 46.3 Å². The van der Waals surface area contributed by atoms with Crippen molar-refractivity contribution in [2.24, 2.45) is 0 Å². The van der Waals surface area contributed by atoms with Crippen molar-refractivity contribution in [3.05, 3.63) is 102 Å². The van der Waals surface area contributed by atoms with Crippen LogP contribution in [0.15, 0.2) is 111 Å². The Balaban J connectivity index is 1.58. The lowest BCUT2D eigenvalue weighted by Crippen LogP contribution is -2.01. The number of phenolic OH excluding ortho intramolecular Hbond substituents is 1. The predicted molar refractivity (Wildman–Crippen MR) is 120 cm³/mol. The molecule has 0 amide bonds. The molecule has 4 nitrogen and oxygen atoms in total. The second-order valence-corrected chi connectivity index (χ2v) is 9.48. The zero-order chi connectivity index (χ0) is 21.1. The van der Waals surface area contributed by atoms with Gasteiger partial charge in [-0.05, 0) is 77.9 Å². The maximum Gasteiger partial charge on any atom is 0.206 e. The molecule has 150 valence electrons. The summed E-state index contributed by atoms with van der Waals surface area (Å²) in [5.41, 5.74) is 2.07. The summed E-state index contributed by atoms with van der Waals surface area (Å²) in [6.45, 7) is 0. The van der Waals surface area contributed by atoms with Crippen LogP contribution in [0.4, 0.5) is 0 Å². The fourth-order valence-corrected chi connectivity index (χ4v) is 4.74. The second kappa shape index (κ2) is 8.34. The molecule has 4 aromatic rings. The Morgan fingerprint density at radius 3 is 1.90 bits per heavy atom. The lowest BCUT2D eigenvalue weighted by molar-refractivity contribution is 0.475. The van der Waals surface area contributed by atoms with Crippen LogP contribution in [0.2, 0.25) is 0 Å². The SMILES string of the molecule is O=S(=O)(c1ccc(O)cc1)c1ccc(Oc2cc(Br)cc(-c3ccccc3)c2)cc1. The summed E-state index contributed by atoms with van der Waals surface area (Å²) in [6, 6.07) is 27.5. The van der Waals surface area contributed by atoms with Crippen molar-refractivity contribution >= 4 is 25.8 Å². The van der Waals surface area contributed by atoms with Crippen molar-refractivity contribution < 1.29 is 18.3 Å². The third kappa shape index (κ3) is 4.40. The molecule has 0 radical (unpaired) electrons.